The molecule has 6 heteroatoms. The van der Waals surface area contributed by atoms with Crippen molar-refractivity contribution in [2.75, 3.05) is 18.2 Å². The number of para-hydroxylation sites is 2. The number of hydrogen-bond donors (Lipinski definition) is 1. The third-order valence-electron chi connectivity index (χ3n) is 4.42. The summed E-state index contributed by atoms with van der Waals surface area (Å²) in [5.74, 6) is 1.76. The van der Waals surface area contributed by atoms with Crippen LogP contribution in [-0.2, 0) is 12.8 Å². The van der Waals surface area contributed by atoms with E-state index in [1.54, 1.807) is 11.8 Å². The number of hydrogen-bond acceptors (Lipinski definition) is 6. The van der Waals surface area contributed by atoms with Crippen molar-refractivity contribution in [3.8, 4) is 5.75 Å². The van der Waals surface area contributed by atoms with Gasteiger partial charge in [0.2, 0.25) is 0 Å². The molecule has 3 aromatic rings. The summed E-state index contributed by atoms with van der Waals surface area (Å²) in [5, 5.41) is 5.53. The highest BCUT2D eigenvalue weighted by Crippen LogP contribution is 2.40. The molecular weight excluding hydrogens is 350 g/mol. The number of nitrogens with zero attached hydrogens (tertiary/aromatic N) is 2. The molecule has 0 aliphatic heterocycles. The number of fused-ring (bicyclic) bond motifs is 3. The lowest BCUT2D eigenvalue weighted by Crippen LogP contribution is -2.03. The summed E-state index contributed by atoms with van der Waals surface area (Å²) in [4.78, 5) is 12.1. The van der Waals surface area contributed by atoms with Gasteiger partial charge in [-0.3, -0.25) is 0 Å². The van der Waals surface area contributed by atoms with Gasteiger partial charge in [-0.25, -0.2) is 9.97 Å². The SMILES string of the molecule is CCOc1ccccc1Nc1nc(SC)nc2sc3c(c12)CCCC3. The fourth-order valence-electron chi connectivity index (χ4n) is 3.30. The quantitative estimate of drug-likeness (QED) is 0.478. The third-order valence-corrected chi connectivity index (χ3v) is 6.15. The van der Waals surface area contributed by atoms with Crippen LogP contribution in [0.1, 0.15) is 30.2 Å². The standard InChI is InChI=1S/C19H21N3OS2/c1-3-23-14-10-6-5-9-13(14)20-17-16-12-8-4-7-11-15(12)25-18(16)22-19(21-17)24-2/h5-6,9-10H,3-4,7-8,11H2,1-2H3,(H,20,21,22). The Balaban J connectivity index is 1.84. The molecule has 4 nitrogen and oxygen atoms in total. The minimum atomic E-state index is 0.641. The molecule has 4 rings (SSSR count). The predicted octanol–water partition coefficient (Wildman–Crippen LogP) is 5.43. The van der Waals surface area contributed by atoms with E-state index < -0.39 is 0 Å². The maximum Gasteiger partial charge on any atom is 0.190 e. The number of thioether (sulfide) groups is 1. The molecule has 130 valence electrons. The van der Waals surface area contributed by atoms with Gasteiger partial charge in [0, 0.05) is 4.88 Å². The monoisotopic (exact) mass is 371 g/mol. The molecule has 0 amide bonds. The highest BCUT2D eigenvalue weighted by molar-refractivity contribution is 7.98. The van der Waals surface area contributed by atoms with E-state index in [0.717, 1.165) is 33.7 Å². The first-order chi connectivity index (χ1) is 12.3. The van der Waals surface area contributed by atoms with Crippen LogP contribution in [0.25, 0.3) is 10.2 Å². The number of nitrogens with one attached hydrogen (secondary N) is 1. The van der Waals surface area contributed by atoms with Gasteiger partial charge in [-0.15, -0.1) is 11.3 Å². The van der Waals surface area contributed by atoms with Crippen LogP contribution in [0.4, 0.5) is 11.5 Å². The summed E-state index contributed by atoms with van der Waals surface area (Å²) in [7, 11) is 0. The molecule has 1 aliphatic rings. The molecule has 0 bridgehead atoms. The zero-order valence-electron chi connectivity index (χ0n) is 14.5. The highest BCUT2D eigenvalue weighted by atomic mass is 32.2. The first-order valence-electron chi connectivity index (χ1n) is 8.65. The van der Waals surface area contributed by atoms with E-state index >= 15 is 0 Å². The van der Waals surface area contributed by atoms with Crippen LogP contribution in [0, 0.1) is 0 Å². The van der Waals surface area contributed by atoms with Gasteiger partial charge in [-0.05, 0) is 56.6 Å². The van der Waals surface area contributed by atoms with Crippen molar-refractivity contribution in [2.45, 2.75) is 37.8 Å². The molecular formula is C19H21N3OS2. The minimum Gasteiger partial charge on any atom is -0.492 e. The van der Waals surface area contributed by atoms with Gasteiger partial charge in [-0.1, -0.05) is 23.9 Å². The van der Waals surface area contributed by atoms with Crippen LogP contribution >= 0.6 is 23.1 Å². The molecule has 1 N–H and O–H groups in total. The van der Waals surface area contributed by atoms with E-state index in [9.17, 15) is 0 Å². The van der Waals surface area contributed by atoms with E-state index in [2.05, 4.69) is 5.32 Å². The van der Waals surface area contributed by atoms with Crippen LogP contribution in [0.2, 0.25) is 0 Å². The van der Waals surface area contributed by atoms with Gasteiger partial charge in [0.25, 0.3) is 0 Å². The van der Waals surface area contributed by atoms with Crippen molar-refractivity contribution in [3.05, 3.63) is 34.7 Å². The van der Waals surface area contributed by atoms with E-state index in [-0.39, 0.29) is 0 Å². The Morgan fingerprint density at radius 2 is 2.04 bits per heavy atom. The minimum absolute atomic E-state index is 0.641. The Morgan fingerprint density at radius 3 is 2.88 bits per heavy atom. The molecule has 0 saturated carbocycles. The van der Waals surface area contributed by atoms with Gasteiger partial charge < -0.3 is 10.1 Å². The largest absolute Gasteiger partial charge is 0.492 e. The zero-order valence-corrected chi connectivity index (χ0v) is 16.1. The second kappa shape index (κ2) is 7.22. The van der Waals surface area contributed by atoms with Gasteiger partial charge >= 0.3 is 0 Å². The number of benzene rings is 1. The Labute approximate surface area is 156 Å². The van der Waals surface area contributed by atoms with Crippen molar-refractivity contribution in [1.29, 1.82) is 0 Å². The molecule has 0 unspecified atom stereocenters. The molecule has 2 heterocycles. The number of ether oxygens (including phenoxy) is 1. The maximum absolute atomic E-state index is 5.76. The van der Waals surface area contributed by atoms with E-state index in [1.807, 2.05) is 48.8 Å². The molecule has 2 aromatic heterocycles. The lowest BCUT2D eigenvalue weighted by molar-refractivity contribution is 0.342. The fourth-order valence-corrected chi connectivity index (χ4v) is 4.98. The summed E-state index contributed by atoms with van der Waals surface area (Å²) in [6, 6.07) is 8.03. The van der Waals surface area contributed by atoms with Crippen molar-refractivity contribution >= 4 is 44.8 Å². The van der Waals surface area contributed by atoms with Crippen LogP contribution in [0.15, 0.2) is 29.4 Å². The zero-order chi connectivity index (χ0) is 17.2. The van der Waals surface area contributed by atoms with Crippen molar-refractivity contribution < 1.29 is 4.74 Å². The maximum atomic E-state index is 5.76. The molecule has 1 aliphatic carbocycles. The average Bonchev–Trinajstić information content (AvgIpc) is 3.02. The highest BCUT2D eigenvalue weighted by Gasteiger charge is 2.21. The second-order valence-electron chi connectivity index (χ2n) is 6.00. The van der Waals surface area contributed by atoms with Gasteiger partial charge in [-0.2, -0.15) is 0 Å². The normalized spacial score (nSPS) is 13.7. The number of aryl methyl sites for hydroxylation is 2. The summed E-state index contributed by atoms with van der Waals surface area (Å²) < 4.78 is 5.76. The summed E-state index contributed by atoms with van der Waals surface area (Å²) in [5.41, 5.74) is 2.39. The smallest absolute Gasteiger partial charge is 0.190 e. The Kier molecular flexibility index (Phi) is 4.81. The van der Waals surface area contributed by atoms with Gasteiger partial charge in [0.1, 0.15) is 16.4 Å². The third kappa shape index (κ3) is 3.20. The summed E-state index contributed by atoms with van der Waals surface area (Å²) in [6.07, 6.45) is 6.84. The van der Waals surface area contributed by atoms with Crippen LogP contribution in [-0.4, -0.2) is 22.8 Å². The first kappa shape index (κ1) is 16.7. The molecule has 25 heavy (non-hydrogen) atoms. The Bertz CT molecular complexity index is 907. The van der Waals surface area contributed by atoms with E-state index in [4.69, 9.17) is 14.7 Å². The fraction of sp³-hybridized carbons (Fsp3) is 0.368. The molecule has 0 saturated heterocycles. The van der Waals surface area contributed by atoms with Gasteiger partial charge in [0.15, 0.2) is 5.16 Å². The van der Waals surface area contributed by atoms with E-state index in [1.165, 1.54) is 35.1 Å². The summed E-state index contributed by atoms with van der Waals surface area (Å²) >= 11 is 3.41. The Morgan fingerprint density at radius 1 is 1.20 bits per heavy atom. The van der Waals surface area contributed by atoms with Crippen molar-refractivity contribution in [1.82, 2.24) is 9.97 Å². The van der Waals surface area contributed by atoms with Crippen molar-refractivity contribution in [2.24, 2.45) is 0 Å². The predicted molar refractivity (Wildman–Crippen MR) is 107 cm³/mol. The Hall–Kier alpha value is -1.79. The molecule has 0 radical (unpaired) electrons. The average molecular weight is 372 g/mol. The van der Waals surface area contributed by atoms with Crippen molar-refractivity contribution in [3.63, 3.8) is 0 Å². The second-order valence-corrected chi connectivity index (χ2v) is 7.86. The topological polar surface area (TPSA) is 47.0 Å². The van der Waals surface area contributed by atoms with E-state index in [0.29, 0.717) is 6.61 Å². The number of thiophene rings is 1. The number of anilines is 2. The lowest BCUT2D eigenvalue weighted by atomic mass is 9.97. The van der Waals surface area contributed by atoms with Crippen LogP contribution in [0.5, 0.6) is 5.75 Å². The molecule has 0 atom stereocenters. The molecule has 0 spiro atoms. The van der Waals surface area contributed by atoms with Crippen LogP contribution in [0.3, 0.4) is 0 Å². The molecule has 1 aromatic carbocycles. The summed E-state index contributed by atoms with van der Waals surface area (Å²) in [6.45, 7) is 2.64. The lowest BCUT2D eigenvalue weighted by Gasteiger charge is -2.15. The number of aromatic nitrogens is 2. The molecule has 0 fully saturated rings. The van der Waals surface area contributed by atoms with Crippen LogP contribution < -0.4 is 10.1 Å². The first-order valence-corrected chi connectivity index (χ1v) is 10.7. The number of rotatable bonds is 5. The van der Waals surface area contributed by atoms with Gasteiger partial charge in [0.05, 0.1) is 17.7 Å².